The number of nitrogens with one attached hydrogen (secondary N) is 1. The first-order valence-corrected chi connectivity index (χ1v) is 7.52. The Hall–Kier alpha value is -0.380. The Morgan fingerprint density at radius 3 is 2.71 bits per heavy atom. The lowest BCUT2D eigenvalue weighted by Gasteiger charge is -2.43. The van der Waals surface area contributed by atoms with Crippen molar-refractivity contribution in [3.8, 4) is 0 Å². The third-order valence-electron chi connectivity index (χ3n) is 3.98. The van der Waals surface area contributed by atoms with Gasteiger partial charge in [-0.05, 0) is 31.9 Å². The van der Waals surface area contributed by atoms with Gasteiger partial charge in [0.25, 0.3) is 0 Å². The highest BCUT2D eigenvalue weighted by atomic mass is 32.1. The molecule has 0 saturated carbocycles. The standard InChI is InChI=1S/C14H24N2S/c1-4-14(5-2)11-16(9-8-15-14)10-13-7-6-12(3)17-13/h6-7,15H,4-5,8-11H2,1-3H3. The van der Waals surface area contributed by atoms with E-state index in [4.69, 9.17) is 0 Å². The fraction of sp³-hybridized carbons (Fsp3) is 0.714. The van der Waals surface area contributed by atoms with Crippen LogP contribution in [0.25, 0.3) is 0 Å². The number of hydrogen-bond acceptors (Lipinski definition) is 3. The maximum atomic E-state index is 3.71. The summed E-state index contributed by atoms with van der Waals surface area (Å²) >= 11 is 1.93. The van der Waals surface area contributed by atoms with Crippen LogP contribution in [0, 0.1) is 6.92 Å². The van der Waals surface area contributed by atoms with Crippen molar-refractivity contribution in [2.45, 2.75) is 45.7 Å². The molecule has 2 rings (SSSR count). The maximum Gasteiger partial charge on any atom is 0.0329 e. The summed E-state index contributed by atoms with van der Waals surface area (Å²) in [5.74, 6) is 0. The van der Waals surface area contributed by atoms with Crippen LogP contribution in [0.2, 0.25) is 0 Å². The number of aryl methyl sites for hydroxylation is 1. The topological polar surface area (TPSA) is 15.3 Å². The van der Waals surface area contributed by atoms with E-state index in [0.717, 1.165) is 13.1 Å². The van der Waals surface area contributed by atoms with Gasteiger partial charge in [0.2, 0.25) is 0 Å². The van der Waals surface area contributed by atoms with Crippen LogP contribution in [-0.2, 0) is 6.54 Å². The van der Waals surface area contributed by atoms with Gasteiger partial charge in [0, 0.05) is 41.5 Å². The molecule has 0 spiro atoms. The third-order valence-corrected chi connectivity index (χ3v) is 4.97. The van der Waals surface area contributed by atoms with E-state index in [1.807, 2.05) is 11.3 Å². The summed E-state index contributed by atoms with van der Waals surface area (Å²) in [4.78, 5) is 5.53. The zero-order valence-corrected chi connectivity index (χ0v) is 12.1. The Kier molecular flexibility index (Phi) is 4.23. The number of piperazine rings is 1. The molecule has 17 heavy (non-hydrogen) atoms. The molecule has 2 nitrogen and oxygen atoms in total. The monoisotopic (exact) mass is 252 g/mol. The van der Waals surface area contributed by atoms with Gasteiger partial charge in [-0.2, -0.15) is 0 Å². The zero-order chi connectivity index (χ0) is 12.3. The highest BCUT2D eigenvalue weighted by Crippen LogP contribution is 2.23. The van der Waals surface area contributed by atoms with Crippen molar-refractivity contribution in [3.63, 3.8) is 0 Å². The van der Waals surface area contributed by atoms with Gasteiger partial charge in [-0.1, -0.05) is 13.8 Å². The Morgan fingerprint density at radius 1 is 1.35 bits per heavy atom. The molecule has 96 valence electrons. The molecule has 1 N–H and O–H groups in total. The molecule has 0 aromatic carbocycles. The van der Waals surface area contributed by atoms with Gasteiger partial charge in [0.05, 0.1) is 0 Å². The lowest BCUT2D eigenvalue weighted by atomic mass is 9.90. The average Bonchev–Trinajstić information content (AvgIpc) is 2.75. The first-order valence-electron chi connectivity index (χ1n) is 6.70. The fourth-order valence-electron chi connectivity index (χ4n) is 2.69. The molecule has 0 bridgehead atoms. The van der Waals surface area contributed by atoms with Crippen LogP contribution in [0.3, 0.4) is 0 Å². The van der Waals surface area contributed by atoms with Gasteiger partial charge in [0.1, 0.15) is 0 Å². The molecule has 0 radical (unpaired) electrons. The molecular formula is C14H24N2S. The molecule has 1 aliphatic rings. The van der Waals surface area contributed by atoms with Crippen molar-refractivity contribution in [1.29, 1.82) is 0 Å². The summed E-state index contributed by atoms with van der Waals surface area (Å²) in [5.41, 5.74) is 0.352. The molecule has 1 saturated heterocycles. The number of thiophene rings is 1. The summed E-state index contributed by atoms with van der Waals surface area (Å²) in [6.45, 7) is 11.4. The largest absolute Gasteiger partial charge is 0.309 e. The van der Waals surface area contributed by atoms with E-state index in [0.29, 0.717) is 5.54 Å². The summed E-state index contributed by atoms with van der Waals surface area (Å²) in [6.07, 6.45) is 2.45. The second kappa shape index (κ2) is 5.51. The van der Waals surface area contributed by atoms with Gasteiger partial charge >= 0.3 is 0 Å². The molecule has 3 heteroatoms. The smallest absolute Gasteiger partial charge is 0.0329 e. The third kappa shape index (κ3) is 3.09. The quantitative estimate of drug-likeness (QED) is 0.886. The van der Waals surface area contributed by atoms with Crippen molar-refractivity contribution in [1.82, 2.24) is 10.2 Å². The SMILES string of the molecule is CCC1(CC)CN(Cc2ccc(C)s2)CCN1. The first-order chi connectivity index (χ1) is 8.17. The van der Waals surface area contributed by atoms with Crippen LogP contribution < -0.4 is 5.32 Å². The van der Waals surface area contributed by atoms with Gasteiger partial charge in [0.15, 0.2) is 0 Å². The van der Waals surface area contributed by atoms with Crippen LogP contribution in [-0.4, -0.2) is 30.1 Å². The molecule has 1 aromatic rings. The summed E-state index contributed by atoms with van der Waals surface area (Å²) in [5, 5.41) is 3.71. The first kappa shape index (κ1) is 13.1. The predicted molar refractivity (Wildman–Crippen MR) is 75.6 cm³/mol. The minimum Gasteiger partial charge on any atom is -0.309 e. The van der Waals surface area contributed by atoms with Crippen molar-refractivity contribution in [2.24, 2.45) is 0 Å². The van der Waals surface area contributed by atoms with Gasteiger partial charge < -0.3 is 5.32 Å². The van der Waals surface area contributed by atoms with E-state index < -0.39 is 0 Å². The van der Waals surface area contributed by atoms with Crippen molar-refractivity contribution in [3.05, 3.63) is 21.9 Å². The molecule has 2 heterocycles. The number of nitrogens with zero attached hydrogens (tertiary/aromatic N) is 1. The number of rotatable bonds is 4. The molecule has 1 fully saturated rings. The fourth-order valence-corrected chi connectivity index (χ4v) is 3.62. The van der Waals surface area contributed by atoms with E-state index in [1.165, 1.54) is 35.7 Å². The van der Waals surface area contributed by atoms with Crippen LogP contribution in [0.4, 0.5) is 0 Å². The number of hydrogen-bond donors (Lipinski definition) is 1. The second-order valence-corrected chi connectivity index (χ2v) is 6.51. The predicted octanol–water partition coefficient (Wildman–Crippen LogP) is 3.02. The van der Waals surface area contributed by atoms with Crippen molar-refractivity contribution >= 4 is 11.3 Å². The van der Waals surface area contributed by atoms with Crippen LogP contribution in [0.15, 0.2) is 12.1 Å². The van der Waals surface area contributed by atoms with Crippen LogP contribution in [0.1, 0.15) is 36.4 Å². The van der Waals surface area contributed by atoms with Crippen LogP contribution >= 0.6 is 11.3 Å². The summed E-state index contributed by atoms with van der Waals surface area (Å²) in [7, 11) is 0. The molecule has 0 amide bonds. The molecule has 0 unspecified atom stereocenters. The Bertz CT molecular complexity index is 355. The molecule has 0 aliphatic carbocycles. The maximum absolute atomic E-state index is 3.71. The van der Waals surface area contributed by atoms with Gasteiger partial charge in [-0.15, -0.1) is 11.3 Å². The van der Waals surface area contributed by atoms with E-state index in [1.54, 1.807) is 0 Å². The van der Waals surface area contributed by atoms with E-state index in [2.05, 4.69) is 43.1 Å². The molecule has 0 atom stereocenters. The zero-order valence-electron chi connectivity index (χ0n) is 11.3. The normalized spacial score (nSPS) is 20.6. The lowest BCUT2D eigenvalue weighted by molar-refractivity contribution is 0.119. The minimum absolute atomic E-state index is 0.352. The highest BCUT2D eigenvalue weighted by Gasteiger charge is 2.31. The average molecular weight is 252 g/mol. The van der Waals surface area contributed by atoms with Gasteiger partial charge in [-0.3, -0.25) is 4.90 Å². The highest BCUT2D eigenvalue weighted by molar-refractivity contribution is 7.11. The molecular weight excluding hydrogens is 228 g/mol. The summed E-state index contributed by atoms with van der Waals surface area (Å²) in [6, 6.07) is 4.51. The van der Waals surface area contributed by atoms with Crippen LogP contribution in [0.5, 0.6) is 0 Å². The van der Waals surface area contributed by atoms with E-state index >= 15 is 0 Å². The minimum atomic E-state index is 0.352. The summed E-state index contributed by atoms with van der Waals surface area (Å²) < 4.78 is 0. The molecule has 1 aliphatic heterocycles. The van der Waals surface area contributed by atoms with Crippen molar-refractivity contribution in [2.75, 3.05) is 19.6 Å². The van der Waals surface area contributed by atoms with Gasteiger partial charge in [-0.25, -0.2) is 0 Å². The Labute approximate surface area is 109 Å². The second-order valence-electron chi connectivity index (χ2n) is 5.14. The Balaban J connectivity index is 1.98. The van der Waals surface area contributed by atoms with Crippen molar-refractivity contribution < 1.29 is 0 Å². The molecule has 1 aromatic heterocycles. The van der Waals surface area contributed by atoms with E-state index in [9.17, 15) is 0 Å². The Morgan fingerprint density at radius 2 is 2.12 bits per heavy atom. The van der Waals surface area contributed by atoms with E-state index in [-0.39, 0.29) is 0 Å². The lowest BCUT2D eigenvalue weighted by Crippen LogP contribution is -2.59.